The summed E-state index contributed by atoms with van der Waals surface area (Å²) in [6.07, 6.45) is 15.2. The Morgan fingerprint density at radius 3 is 2.39 bits per heavy atom. The normalized spacial score (nSPS) is 28.2. The molecule has 3 N–H and O–H groups in total. The first kappa shape index (κ1) is 39.8. The number of fused-ring (bicyclic) bond motifs is 3. The second-order valence-corrected chi connectivity index (χ2v) is 19.7. The van der Waals surface area contributed by atoms with Gasteiger partial charge in [-0.2, -0.15) is 0 Å². The molecular formula is C46H55ClN10O5. The van der Waals surface area contributed by atoms with E-state index in [-0.39, 0.29) is 34.6 Å². The number of halogens is 1. The van der Waals surface area contributed by atoms with Gasteiger partial charge in [-0.3, -0.25) is 4.79 Å². The Kier molecular flexibility index (Phi) is 10.1. The van der Waals surface area contributed by atoms with Crippen molar-refractivity contribution in [1.82, 2.24) is 40.1 Å². The number of aromatic nitrogens is 6. The van der Waals surface area contributed by atoms with Crippen LogP contribution in [0.4, 0.5) is 11.6 Å². The number of aromatic hydroxyl groups is 1. The molecule has 5 aromatic rings. The van der Waals surface area contributed by atoms with Gasteiger partial charge in [0.1, 0.15) is 22.8 Å². The van der Waals surface area contributed by atoms with Crippen LogP contribution in [0, 0.1) is 11.3 Å². The largest absolute Gasteiger partial charge is 0.507 e. The van der Waals surface area contributed by atoms with Gasteiger partial charge in [0.2, 0.25) is 11.9 Å². The lowest BCUT2D eigenvalue weighted by atomic mass is 9.52. The molecule has 8 heterocycles. The van der Waals surface area contributed by atoms with Crippen molar-refractivity contribution in [2.75, 3.05) is 49.1 Å². The average molecular weight is 863 g/mol. The number of hydrogen-bond donors (Lipinski definition) is 3. The third kappa shape index (κ3) is 7.04. The molecule has 4 aromatic heterocycles. The molecule has 1 spiro atoms. The van der Waals surface area contributed by atoms with Crippen LogP contribution in [0.2, 0.25) is 5.02 Å². The fraction of sp³-hybridized carbons (Fsp3) is 0.565. The van der Waals surface area contributed by atoms with Gasteiger partial charge in [0.25, 0.3) is 5.88 Å². The smallest absolute Gasteiger partial charge is 0.273 e. The number of piperazine rings is 1. The van der Waals surface area contributed by atoms with Crippen LogP contribution in [-0.4, -0.2) is 126 Å². The quantitative estimate of drug-likeness (QED) is 0.139. The number of H-pyrrole nitrogens is 1. The number of carbonyl (C=O) groups excluding carboxylic acids is 1. The number of aliphatic hydroxyl groups is 1. The summed E-state index contributed by atoms with van der Waals surface area (Å²) in [6.45, 7) is 8.75. The van der Waals surface area contributed by atoms with Gasteiger partial charge in [0.05, 0.1) is 17.5 Å². The molecule has 11 rings (SSSR count). The first-order chi connectivity index (χ1) is 30.1. The Hall–Kier alpha value is -4.99. The molecule has 6 fully saturated rings. The Morgan fingerprint density at radius 2 is 1.69 bits per heavy atom. The maximum atomic E-state index is 13.4. The summed E-state index contributed by atoms with van der Waals surface area (Å²) in [7, 11) is 0. The van der Waals surface area contributed by atoms with E-state index in [1.165, 1.54) is 18.4 Å². The van der Waals surface area contributed by atoms with Crippen LogP contribution in [0.3, 0.4) is 0 Å². The topological polar surface area (TPSA) is 173 Å². The molecule has 4 saturated heterocycles. The molecule has 326 valence electrons. The summed E-state index contributed by atoms with van der Waals surface area (Å²) >= 11 is 6.75. The van der Waals surface area contributed by atoms with Gasteiger partial charge in [-0.1, -0.05) is 37.6 Å². The molecule has 4 atom stereocenters. The van der Waals surface area contributed by atoms with Crippen molar-refractivity contribution >= 4 is 40.2 Å². The zero-order chi connectivity index (χ0) is 42.3. The maximum Gasteiger partial charge on any atom is 0.273 e. The number of para-hydroxylation sites is 1. The summed E-state index contributed by atoms with van der Waals surface area (Å²) < 4.78 is 11.9. The number of benzene rings is 1. The Morgan fingerprint density at radius 1 is 0.952 bits per heavy atom. The van der Waals surface area contributed by atoms with Crippen LogP contribution in [-0.2, 0) is 4.79 Å². The SMILES string of the molecule is CC(C)[C@@H](C(=O)N1CC[C@@H](O)C1)c1onc(OC2CC3(C2)CC(N2CCC(c4cnc(N5C6CCC5CN(c5c[nH]c7nnc(-c8ccccc8O)cc57)C6)nc4)CC2)C3)c1Cl. The molecule has 4 aliphatic heterocycles. The summed E-state index contributed by atoms with van der Waals surface area (Å²) in [5, 5.41) is 34.7. The fourth-order valence-electron chi connectivity index (χ4n) is 11.8. The van der Waals surface area contributed by atoms with Crippen molar-refractivity contribution in [2.45, 2.75) is 114 Å². The van der Waals surface area contributed by atoms with Gasteiger partial charge in [-0.05, 0) is 117 Å². The monoisotopic (exact) mass is 862 g/mol. The number of carbonyl (C=O) groups is 1. The van der Waals surface area contributed by atoms with Gasteiger partial charge in [-0.15, -0.1) is 10.2 Å². The molecule has 62 heavy (non-hydrogen) atoms. The Bertz CT molecular complexity index is 2420. The first-order valence-corrected chi connectivity index (χ1v) is 23.0. The third-order valence-electron chi connectivity index (χ3n) is 15.1. The lowest BCUT2D eigenvalue weighted by Crippen LogP contribution is -2.59. The van der Waals surface area contributed by atoms with E-state index in [9.17, 15) is 15.0 Å². The van der Waals surface area contributed by atoms with Gasteiger partial charge in [0.15, 0.2) is 11.4 Å². The van der Waals surface area contributed by atoms with Gasteiger partial charge >= 0.3 is 0 Å². The highest BCUT2D eigenvalue weighted by Crippen LogP contribution is 2.59. The van der Waals surface area contributed by atoms with Gasteiger partial charge in [0, 0.05) is 73.8 Å². The number of ether oxygens (including phenoxy) is 1. The number of likely N-dealkylation sites (tertiary alicyclic amines) is 2. The summed E-state index contributed by atoms with van der Waals surface area (Å²) in [5.74, 6) is 1.44. The van der Waals surface area contributed by atoms with Crippen LogP contribution in [0.5, 0.6) is 11.6 Å². The van der Waals surface area contributed by atoms with Crippen molar-refractivity contribution in [3.63, 3.8) is 0 Å². The van der Waals surface area contributed by atoms with Crippen LogP contribution in [0.1, 0.15) is 94.8 Å². The number of phenols is 1. The lowest BCUT2D eigenvalue weighted by Gasteiger charge is -2.60. The third-order valence-corrected chi connectivity index (χ3v) is 15.4. The van der Waals surface area contributed by atoms with Crippen molar-refractivity contribution in [3.8, 4) is 22.9 Å². The average Bonchev–Trinajstić information content (AvgIpc) is 4.03. The Balaban J connectivity index is 0.654. The van der Waals surface area contributed by atoms with E-state index >= 15 is 0 Å². The van der Waals surface area contributed by atoms with Crippen LogP contribution in [0.25, 0.3) is 22.3 Å². The van der Waals surface area contributed by atoms with Gasteiger partial charge < -0.3 is 44.1 Å². The minimum Gasteiger partial charge on any atom is -0.507 e. The van der Waals surface area contributed by atoms with E-state index in [1.807, 2.05) is 44.3 Å². The highest BCUT2D eigenvalue weighted by atomic mass is 35.5. The van der Waals surface area contributed by atoms with Crippen molar-refractivity contribution in [1.29, 1.82) is 0 Å². The zero-order valence-corrected chi connectivity index (χ0v) is 36.1. The van der Waals surface area contributed by atoms with Crippen molar-refractivity contribution in [3.05, 3.63) is 65.3 Å². The molecule has 15 nitrogen and oxygen atoms in total. The number of hydrogen-bond acceptors (Lipinski definition) is 13. The van der Waals surface area contributed by atoms with E-state index in [4.69, 9.17) is 30.8 Å². The zero-order valence-electron chi connectivity index (χ0n) is 35.4. The standard InChI is InChI=1S/C46H55ClN10O5/c1-26(2)39(44(60)55-14-11-32(58)25-55)41-40(47)43(53-62-41)61-33-18-46(19-33)16-31(17-46)54-12-9-27(10-13-54)28-20-49-45(50-21-28)57-29-7-8-30(57)24-56(23-29)37-22-48-42-35(37)15-36(51-52-42)34-5-3-4-6-38(34)59/h3-6,15,20-22,26-27,29-33,39,58-59H,7-14,16-19,23-25H2,1-2H3,(H,48,52)/t29?,30?,31?,32-,33?,39-,46?/m1/s1. The summed E-state index contributed by atoms with van der Waals surface area (Å²) in [6, 6.07) is 10.5. The molecule has 0 radical (unpaired) electrons. The minimum atomic E-state index is -0.569. The number of β-amino-alcohol motifs (C(OH)–C–C–N with tert-alkyl or cyclic N) is 1. The highest BCUT2D eigenvalue weighted by molar-refractivity contribution is 6.32. The number of anilines is 2. The van der Waals surface area contributed by atoms with E-state index in [0.717, 1.165) is 87.4 Å². The Labute approximate surface area is 365 Å². The maximum absolute atomic E-state index is 13.4. The molecule has 16 heteroatoms. The molecule has 6 aliphatic rings. The fourth-order valence-corrected chi connectivity index (χ4v) is 12.0. The number of aliphatic hydroxyl groups excluding tert-OH is 1. The van der Waals surface area contributed by atoms with E-state index in [0.29, 0.717) is 66.0 Å². The van der Waals surface area contributed by atoms with Crippen molar-refractivity contribution in [2.24, 2.45) is 11.3 Å². The molecule has 2 unspecified atom stereocenters. The predicted octanol–water partition coefficient (Wildman–Crippen LogP) is 6.52. The number of piperidine rings is 1. The first-order valence-electron chi connectivity index (χ1n) is 22.6. The minimum absolute atomic E-state index is 0.0431. The number of rotatable bonds is 10. The van der Waals surface area contributed by atoms with Gasteiger partial charge in [-0.25, -0.2) is 9.97 Å². The number of aromatic amines is 1. The second kappa shape index (κ2) is 15.7. The van der Waals surface area contributed by atoms with Crippen LogP contribution in [0.15, 0.2) is 53.4 Å². The van der Waals surface area contributed by atoms with Crippen LogP contribution >= 0.6 is 11.6 Å². The molecule has 2 saturated carbocycles. The molecule has 1 aromatic carbocycles. The van der Waals surface area contributed by atoms with E-state index in [2.05, 4.69) is 47.4 Å². The molecule has 2 aliphatic carbocycles. The number of nitrogens with one attached hydrogen (secondary N) is 1. The molecule has 1 amide bonds. The number of amides is 1. The number of nitrogens with zero attached hydrogens (tertiary/aromatic N) is 9. The van der Waals surface area contributed by atoms with Crippen LogP contribution < -0.4 is 14.5 Å². The van der Waals surface area contributed by atoms with Crippen molar-refractivity contribution < 1.29 is 24.3 Å². The van der Waals surface area contributed by atoms with E-state index in [1.54, 1.807) is 11.0 Å². The van der Waals surface area contributed by atoms with E-state index < -0.39 is 12.0 Å². The predicted molar refractivity (Wildman–Crippen MR) is 233 cm³/mol. The number of phenolic OH excluding ortho intramolecular Hbond substituents is 1. The summed E-state index contributed by atoms with van der Waals surface area (Å²) in [5.41, 5.74) is 4.76. The lowest BCUT2D eigenvalue weighted by molar-refractivity contribution is -0.133. The highest BCUT2D eigenvalue weighted by Gasteiger charge is 2.56. The summed E-state index contributed by atoms with van der Waals surface area (Å²) in [4.78, 5) is 36.0. The molecular weight excluding hydrogens is 808 g/mol. The second-order valence-electron chi connectivity index (χ2n) is 19.3. The molecule has 2 bridgehead atoms.